The lowest BCUT2D eigenvalue weighted by atomic mass is 10.2. The van der Waals surface area contributed by atoms with Gasteiger partial charge >= 0.3 is 0 Å². The second-order valence-electron chi connectivity index (χ2n) is 7.80. The first kappa shape index (κ1) is 20.8. The molecule has 1 amide bonds. The Morgan fingerprint density at radius 1 is 0.774 bits per heavy atom. The molecule has 0 bridgehead atoms. The molecule has 162 valence electrons. The molecule has 31 heavy (non-hydrogen) atoms. The summed E-state index contributed by atoms with van der Waals surface area (Å²) in [5, 5.41) is 0. The fourth-order valence-corrected chi connectivity index (χ4v) is 4.24. The van der Waals surface area contributed by atoms with Gasteiger partial charge < -0.3 is 23.8 Å². The molecule has 0 atom stereocenters. The van der Waals surface area contributed by atoms with Crippen LogP contribution in [-0.2, 0) is 0 Å². The van der Waals surface area contributed by atoms with Gasteiger partial charge in [0.2, 0.25) is 0 Å². The highest BCUT2D eigenvalue weighted by Gasteiger charge is 2.25. The van der Waals surface area contributed by atoms with Crippen molar-refractivity contribution in [2.24, 2.45) is 0 Å². The third-order valence-corrected chi connectivity index (χ3v) is 6.00. The van der Waals surface area contributed by atoms with Gasteiger partial charge in [-0.15, -0.1) is 0 Å². The number of aromatic nitrogens is 1. The Hall–Kier alpha value is -3.41. The number of hydrogen-bond donors (Lipinski definition) is 0. The van der Waals surface area contributed by atoms with Gasteiger partial charge in [-0.05, 0) is 68.4 Å². The van der Waals surface area contributed by atoms with E-state index in [0.29, 0.717) is 13.1 Å². The number of carbonyl (C=O) groups excluding carboxylic acids is 1. The van der Waals surface area contributed by atoms with Crippen LogP contribution in [0.1, 0.15) is 21.7 Å². The summed E-state index contributed by atoms with van der Waals surface area (Å²) in [7, 11) is 3.33. The lowest BCUT2D eigenvalue weighted by molar-refractivity contribution is 0.0746. The molecule has 6 nitrogen and oxygen atoms in total. The van der Waals surface area contributed by atoms with E-state index in [0.717, 1.165) is 52.9 Å². The van der Waals surface area contributed by atoms with E-state index >= 15 is 0 Å². The quantitative estimate of drug-likeness (QED) is 0.625. The van der Waals surface area contributed by atoms with E-state index in [2.05, 4.69) is 21.6 Å². The summed E-state index contributed by atoms with van der Waals surface area (Å²) in [6, 6.07) is 18.0. The fourth-order valence-electron chi connectivity index (χ4n) is 4.24. The minimum absolute atomic E-state index is 0.0993. The zero-order valence-corrected chi connectivity index (χ0v) is 18.6. The monoisotopic (exact) mass is 419 g/mol. The average Bonchev–Trinajstić information content (AvgIpc) is 3.12. The molecule has 3 aromatic rings. The van der Waals surface area contributed by atoms with Crippen LogP contribution in [0, 0.1) is 13.8 Å². The maximum atomic E-state index is 13.3. The molecule has 4 rings (SSSR count). The molecular weight excluding hydrogens is 390 g/mol. The Morgan fingerprint density at radius 3 is 1.81 bits per heavy atom. The first-order valence-electron chi connectivity index (χ1n) is 10.5. The number of nitrogens with zero attached hydrogens (tertiary/aromatic N) is 3. The van der Waals surface area contributed by atoms with Crippen LogP contribution in [-0.4, -0.2) is 55.8 Å². The molecule has 0 saturated carbocycles. The van der Waals surface area contributed by atoms with Crippen LogP contribution < -0.4 is 14.4 Å². The number of piperazine rings is 1. The lowest BCUT2D eigenvalue weighted by Gasteiger charge is -2.36. The molecule has 6 heteroatoms. The molecule has 1 fully saturated rings. The average molecular weight is 420 g/mol. The smallest absolute Gasteiger partial charge is 0.255 e. The zero-order valence-electron chi connectivity index (χ0n) is 18.6. The maximum absolute atomic E-state index is 13.3. The summed E-state index contributed by atoms with van der Waals surface area (Å²) in [6.45, 7) is 7.09. The molecule has 0 unspecified atom stereocenters. The Morgan fingerprint density at radius 2 is 1.29 bits per heavy atom. The van der Waals surface area contributed by atoms with E-state index in [-0.39, 0.29) is 5.91 Å². The number of hydrogen-bond acceptors (Lipinski definition) is 4. The van der Waals surface area contributed by atoms with Gasteiger partial charge in [-0.3, -0.25) is 4.79 Å². The second-order valence-corrected chi connectivity index (χ2v) is 7.80. The number of methoxy groups -OCH3 is 2. The van der Waals surface area contributed by atoms with Crippen molar-refractivity contribution in [2.75, 3.05) is 45.3 Å². The van der Waals surface area contributed by atoms with Crippen LogP contribution in [0.4, 0.5) is 5.69 Å². The normalized spacial score (nSPS) is 13.9. The summed E-state index contributed by atoms with van der Waals surface area (Å²) < 4.78 is 12.6. The van der Waals surface area contributed by atoms with Crippen LogP contribution in [0.15, 0.2) is 54.6 Å². The summed E-state index contributed by atoms with van der Waals surface area (Å²) in [5.74, 6) is 1.77. The van der Waals surface area contributed by atoms with Gasteiger partial charge in [0.1, 0.15) is 11.5 Å². The van der Waals surface area contributed by atoms with Crippen molar-refractivity contribution < 1.29 is 14.3 Å². The van der Waals surface area contributed by atoms with Crippen molar-refractivity contribution in [2.45, 2.75) is 13.8 Å². The number of benzene rings is 2. The molecule has 1 aliphatic rings. The first-order valence-corrected chi connectivity index (χ1v) is 10.5. The Labute approximate surface area is 183 Å². The Kier molecular flexibility index (Phi) is 5.89. The minimum Gasteiger partial charge on any atom is -0.497 e. The van der Waals surface area contributed by atoms with Crippen LogP contribution in [0.25, 0.3) is 5.69 Å². The van der Waals surface area contributed by atoms with Crippen molar-refractivity contribution in [1.82, 2.24) is 9.47 Å². The number of anilines is 1. The Bertz CT molecular complexity index is 1050. The molecular formula is C25H29N3O3. The molecule has 2 aromatic carbocycles. The second kappa shape index (κ2) is 8.76. The van der Waals surface area contributed by atoms with E-state index < -0.39 is 0 Å². The molecule has 1 saturated heterocycles. The van der Waals surface area contributed by atoms with Crippen LogP contribution in [0.2, 0.25) is 0 Å². The number of rotatable bonds is 5. The maximum Gasteiger partial charge on any atom is 0.255 e. The number of aryl methyl sites for hydroxylation is 1. The standard InChI is InChI=1S/C25H29N3O3/c1-18-17-24(19(2)28(18)21-7-11-23(31-4)12-8-21)25(29)27-15-13-26(14-16-27)20-5-9-22(30-3)10-6-20/h5-12,17H,13-16H2,1-4H3. The highest BCUT2D eigenvalue weighted by molar-refractivity contribution is 5.96. The van der Waals surface area contributed by atoms with Gasteiger partial charge in [0.15, 0.2) is 0 Å². The van der Waals surface area contributed by atoms with Crippen molar-refractivity contribution in [3.63, 3.8) is 0 Å². The molecule has 2 heterocycles. The highest BCUT2D eigenvalue weighted by Crippen LogP contribution is 2.25. The van der Waals surface area contributed by atoms with Gasteiger partial charge in [0, 0.05) is 48.9 Å². The molecule has 0 radical (unpaired) electrons. The largest absolute Gasteiger partial charge is 0.497 e. The van der Waals surface area contributed by atoms with Crippen LogP contribution in [0.3, 0.4) is 0 Å². The summed E-state index contributed by atoms with van der Waals surface area (Å²) >= 11 is 0. The molecule has 0 N–H and O–H groups in total. The number of amides is 1. The van der Waals surface area contributed by atoms with Crippen molar-refractivity contribution >= 4 is 11.6 Å². The SMILES string of the molecule is COc1ccc(N2CCN(C(=O)c3cc(C)n(-c4ccc(OC)cc4)c3C)CC2)cc1. The Balaban J connectivity index is 1.47. The van der Waals surface area contributed by atoms with Crippen LogP contribution in [0.5, 0.6) is 11.5 Å². The summed E-state index contributed by atoms with van der Waals surface area (Å²) in [4.78, 5) is 17.6. The highest BCUT2D eigenvalue weighted by atomic mass is 16.5. The molecule has 0 aliphatic carbocycles. The van der Waals surface area contributed by atoms with Crippen molar-refractivity contribution in [1.29, 1.82) is 0 Å². The van der Waals surface area contributed by atoms with E-state index in [1.807, 2.05) is 61.2 Å². The zero-order chi connectivity index (χ0) is 22.0. The molecule has 1 aromatic heterocycles. The summed E-state index contributed by atoms with van der Waals surface area (Å²) in [6.07, 6.45) is 0. The van der Waals surface area contributed by atoms with Gasteiger partial charge in [-0.2, -0.15) is 0 Å². The van der Waals surface area contributed by atoms with E-state index in [9.17, 15) is 4.79 Å². The lowest BCUT2D eigenvalue weighted by Crippen LogP contribution is -2.48. The summed E-state index contributed by atoms with van der Waals surface area (Å²) in [5.41, 5.74) is 4.96. The van der Waals surface area contributed by atoms with E-state index in [1.165, 1.54) is 0 Å². The minimum atomic E-state index is 0.0993. The molecule has 1 aliphatic heterocycles. The van der Waals surface area contributed by atoms with Gasteiger partial charge in [-0.1, -0.05) is 0 Å². The third-order valence-electron chi connectivity index (χ3n) is 6.00. The first-order chi connectivity index (χ1) is 15.0. The fraction of sp³-hybridized carbons (Fsp3) is 0.320. The number of ether oxygens (including phenoxy) is 2. The van der Waals surface area contributed by atoms with Crippen molar-refractivity contribution in [3.8, 4) is 17.2 Å². The van der Waals surface area contributed by atoms with Crippen molar-refractivity contribution in [3.05, 3.63) is 71.5 Å². The number of carbonyl (C=O) groups is 1. The molecule has 0 spiro atoms. The predicted octanol–water partition coefficient (Wildman–Crippen LogP) is 4.07. The van der Waals surface area contributed by atoms with E-state index in [4.69, 9.17) is 9.47 Å². The third kappa shape index (κ3) is 4.10. The van der Waals surface area contributed by atoms with E-state index in [1.54, 1.807) is 14.2 Å². The van der Waals surface area contributed by atoms with Gasteiger partial charge in [0.05, 0.1) is 19.8 Å². The van der Waals surface area contributed by atoms with Crippen LogP contribution >= 0.6 is 0 Å². The van der Waals surface area contributed by atoms with Gasteiger partial charge in [-0.25, -0.2) is 0 Å². The topological polar surface area (TPSA) is 46.9 Å². The van der Waals surface area contributed by atoms with Gasteiger partial charge in [0.25, 0.3) is 5.91 Å². The predicted molar refractivity (Wildman–Crippen MR) is 123 cm³/mol.